The van der Waals surface area contributed by atoms with Crippen LogP contribution < -0.4 is 5.32 Å². The molecule has 0 saturated heterocycles. The summed E-state index contributed by atoms with van der Waals surface area (Å²) in [5, 5.41) is 12.2. The van der Waals surface area contributed by atoms with Gasteiger partial charge in [0.05, 0.1) is 16.2 Å². The van der Waals surface area contributed by atoms with E-state index in [0.717, 1.165) is 5.56 Å². The number of hydrogen-bond donors (Lipinski definition) is 4. The molecule has 0 fully saturated rings. The molecular weight excluding hydrogens is 446 g/mol. The highest BCUT2D eigenvalue weighted by atomic mass is 32.2. The third-order valence-electron chi connectivity index (χ3n) is 5.25. The summed E-state index contributed by atoms with van der Waals surface area (Å²) in [5.41, 5.74) is 1.13. The van der Waals surface area contributed by atoms with E-state index in [0.29, 0.717) is 17.7 Å². The van der Waals surface area contributed by atoms with Crippen LogP contribution >= 0.6 is 0 Å². The van der Waals surface area contributed by atoms with Crippen LogP contribution in [0.3, 0.4) is 0 Å². The van der Waals surface area contributed by atoms with Gasteiger partial charge in [0, 0.05) is 17.6 Å². The van der Waals surface area contributed by atoms with Crippen molar-refractivity contribution in [2.24, 2.45) is 0 Å². The van der Waals surface area contributed by atoms with Gasteiger partial charge in [0.2, 0.25) is 0 Å². The van der Waals surface area contributed by atoms with Crippen molar-refractivity contribution >= 4 is 31.9 Å². The fourth-order valence-corrected chi connectivity index (χ4v) is 4.32. The monoisotopic (exact) mass is 471 g/mol. The molecule has 0 saturated carbocycles. The van der Waals surface area contributed by atoms with Gasteiger partial charge in [-0.3, -0.25) is 9.11 Å². The second kappa shape index (κ2) is 9.35. The zero-order valence-corrected chi connectivity index (χ0v) is 18.7. The Morgan fingerprint density at radius 1 is 1.03 bits per heavy atom. The molecule has 0 aromatic heterocycles. The molecule has 0 radical (unpaired) electrons. The van der Waals surface area contributed by atoms with Crippen molar-refractivity contribution in [3.63, 3.8) is 0 Å². The molecule has 1 atom stereocenters. The predicted octanol–water partition coefficient (Wildman–Crippen LogP) is 3.04. The molecule has 0 amide bonds. The number of carboxylic acids is 1. The Morgan fingerprint density at radius 2 is 1.65 bits per heavy atom. The van der Waals surface area contributed by atoms with Crippen molar-refractivity contribution < 1.29 is 35.8 Å². The highest BCUT2D eigenvalue weighted by Gasteiger charge is 2.31. The van der Waals surface area contributed by atoms with Gasteiger partial charge < -0.3 is 10.4 Å². The van der Waals surface area contributed by atoms with Crippen LogP contribution in [0.25, 0.3) is 0 Å². The summed E-state index contributed by atoms with van der Waals surface area (Å²) in [6.07, 6.45) is 0.627. The standard InChI is InChI=1S/C20H25NO8S2/c1-3-20(2,15-7-5-14(6-8-15)19(22)23)17-13-16(31(27,28)29)9-10-18(17)21-11-4-12-30(24,25)26/h5-10,13,21H,3-4,11-12H2,1-2H3,(H,22,23)(H,24,25,26)(H,27,28,29). The maximum Gasteiger partial charge on any atom is 0.335 e. The average molecular weight is 472 g/mol. The topological polar surface area (TPSA) is 158 Å². The molecule has 170 valence electrons. The second-order valence-corrected chi connectivity index (χ2v) is 10.3. The van der Waals surface area contributed by atoms with E-state index >= 15 is 0 Å². The molecule has 0 aliphatic carbocycles. The fraction of sp³-hybridized carbons (Fsp3) is 0.350. The van der Waals surface area contributed by atoms with Gasteiger partial charge in [0.15, 0.2) is 0 Å². The van der Waals surface area contributed by atoms with Crippen LogP contribution in [0.4, 0.5) is 5.69 Å². The maximum absolute atomic E-state index is 11.7. The van der Waals surface area contributed by atoms with Gasteiger partial charge in [-0.05, 0) is 54.3 Å². The van der Waals surface area contributed by atoms with Crippen LogP contribution in [0, 0.1) is 0 Å². The molecule has 0 spiro atoms. The van der Waals surface area contributed by atoms with Gasteiger partial charge in [-0.2, -0.15) is 16.8 Å². The van der Waals surface area contributed by atoms with Crippen molar-refractivity contribution in [3.05, 3.63) is 59.2 Å². The molecule has 11 heteroatoms. The Morgan fingerprint density at radius 3 is 2.13 bits per heavy atom. The van der Waals surface area contributed by atoms with E-state index in [2.05, 4.69) is 5.32 Å². The molecule has 9 nitrogen and oxygen atoms in total. The predicted molar refractivity (Wildman–Crippen MR) is 116 cm³/mol. The minimum atomic E-state index is -4.47. The Bertz CT molecular complexity index is 1160. The van der Waals surface area contributed by atoms with Crippen LogP contribution in [0.5, 0.6) is 0 Å². The SMILES string of the molecule is CCC(C)(c1ccc(C(=O)O)cc1)c1cc(S(=O)(=O)O)ccc1NCCCS(=O)(=O)O. The molecule has 0 heterocycles. The van der Waals surface area contributed by atoms with Gasteiger partial charge in [0.1, 0.15) is 0 Å². The van der Waals surface area contributed by atoms with Crippen LogP contribution in [-0.4, -0.2) is 49.3 Å². The highest BCUT2D eigenvalue weighted by molar-refractivity contribution is 7.86. The molecule has 0 aliphatic rings. The summed E-state index contributed by atoms with van der Waals surface area (Å²) in [4.78, 5) is 10.9. The number of rotatable bonds is 10. The number of nitrogens with one attached hydrogen (secondary N) is 1. The fourth-order valence-electron chi connectivity index (χ4n) is 3.30. The zero-order chi connectivity index (χ0) is 23.4. The van der Waals surface area contributed by atoms with Crippen molar-refractivity contribution in [2.45, 2.75) is 37.0 Å². The second-order valence-electron chi connectivity index (χ2n) is 7.32. The third kappa shape index (κ3) is 6.26. The van der Waals surface area contributed by atoms with E-state index in [1.807, 2.05) is 13.8 Å². The Hall–Kier alpha value is -2.47. The van der Waals surface area contributed by atoms with Gasteiger partial charge >= 0.3 is 5.97 Å². The Balaban J connectivity index is 2.52. The molecule has 0 aliphatic heterocycles. The lowest BCUT2D eigenvalue weighted by molar-refractivity contribution is 0.0696. The van der Waals surface area contributed by atoms with Crippen molar-refractivity contribution in [1.29, 1.82) is 0 Å². The lowest BCUT2D eigenvalue weighted by Crippen LogP contribution is -2.25. The summed E-state index contributed by atoms with van der Waals surface area (Å²) in [5.74, 6) is -1.50. The molecule has 2 aromatic rings. The highest BCUT2D eigenvalue weighted by Crippen LogP contribution is 2.40. The maximum atomic E-state index is 11.7. The number of carbonyl (C=O) groups is 1. The van der Waals surface area contributed by atoms with E-state index in [4.69, 9.17) is 9.66 Å². The van der Waals surface area contributed by atoms with Crippen LogP contribution in [-0.2, 0) is 25.7 Å². The molecule has 4 N–H and O–H groups in total. The summed E-state index contributed by atoms with van der Waals surface area (Å²) < 4.78 is 63.7. The largest absolute Gasteiger partial charge is 0.478 e. The number of hydrogen-bond acceptors (Lipinski definition) is 6. The van der Waals surface area contributed by atoms with E-state index in [1.54, 1.807) is 12.1 Å². The van der Waals surface area contributed by atoms with Gasteiger partial charge in [-0.1, -0.05) is 26.0 Å². The van der Waals surface area contributed by atoms with Crippen LogP contribution in [0.1, 0.15) is 48.2 Å². The molecule has 31 heavy (non-hydrogen) atoms. The first-order chi connectivity index (χ1) is 14.3. The average Bonchev–Trinajstić information content (AvgIpc) is 2.69. The van der Waals surface area contributed by atoms with Gasteiger partial charge in [0.25, 0.3) is 20.2 Å². The Kier molecular flexibility index (Phi) is 7.48. The van der Waals surface area contributed by atoms with Gasteiger partial charge in [-0.25, -0.2) is 4.79 Å². The minimum absolute atomic E-state index is 0.109. The molecule has 1 unspecified atom stereocenters. The minimum Gasteiger partial charge on any atom is -0.478 e. The van der Waals surface area contributed by atoms with Crippen LogP contribution in [0.2, 0.25) is 0 Å². The van der Waals surface area contributed by atoms with Crippen molar-refractivity contribution in [1.82, 2.24) is 0 Å². The van der Waals surface area contributed by atoms with E-state index in [-0.39, 0.29) is 23.4 Å². The Labute approximate surface area is 181 Å². The summed E-state index contributed by atoms with van der Waals surface area (Å²) >= 11 is 0. The normalized spacial score (nSPS) is 14.1. The van der Waals surface area contributed by atoms with Gasteiger partial charge in [-0.15, -0.1) is 0 Å². The zero-order valence-electron chi connectivity index (χ0n) is 17.1. The molecule has 2 aromatic carbocycles. The summed E-state index contributed by atoms with van der Waals surface area (Å²) in [7, 11) is -8.58. The number of carboxylic acid groups (broad SMARTS) is 1. The van der Waals surface area contributed by atoms with Crippen molar-refractivity contribution in [3.8, 4) is 0 Å². The number of benzene rings is 2. The number of aromatic carboxylic acids is 1. The van der Waals surface area contributed by atoms with E-state index in [9.17, 15) is 26.2 Å². The first-order valence-corrected chi connectivity index (χ1v) is 12.5. The lowest BCUT2D eigenvalue weighted by Gasteiger charge is -2.32. The van der Waals surface area contributed by atoms with Crippen LogP contribution in [0.15, 0.2) is 47.4 Å². The number of anilines is 1. The molecule has 2 rings (SSSR count). The molecular formula is C20H25NO8S2. The smallest absolute Gasteiger partial charge is 0.335 e. The molecule has 0 bridgehead atoms. The van der Waals surface area contributed by atoms with E-state index in [1.165, 1.54) is 30.3 Å². The summed E-state index contributed by atoms with van der Waals surface area (Å²) in [6, 6.07) is 10.3. The lowest BCUT2D eigenvalue weighted by atomic mass is 9.73. The third-order valence-corrected chi connectivity index (χ3v) is 6.91. The summed E-state index contributed by atoms with van der Waals surface area (Å²) in [6.45, 7) is 3.93. The van der Waals surface area contributed by atoms with E-state index < -0.39 is 37.4 Å². The van der Waals surface area contributed by atoms with Crippen molar-refractivity contribution in [2.75, 3.05) is 17.6 Å². The quantitative estimate of drug-likeness (QED) is 0.302. The first-order valence-electron chi connectivity index (χ1n) is 9.43. The first kappa shape index (κ1) is 24.8.